The molecule has 1 aliphatic rings. The molecule has 20 heavy (non-hydrogen) atoms. The van der Waals surface area contributed by atoms with E-state index in [1.54, 1.807) is 11.3 Å². The fourth-order valence-corrected chi connectivity index (χ4v) is 3.96. The van der Waals surface area contributed by atoms with Crippen LogP contribution in [0.1, 0.15) is 17.5 Å². The molecule has 3 aromatic rings. The Kier molecular flexibility index (Phi) is 2.93. The minimum atomic E-state index is 0.847. The van der Waals surface area contributed by atoms with Gasteiger partial charge in [0, 0.05) is 5.56 Å². The Morgan fingerprint density at radius 2 is 1.95 bits per heavy atom. The van der Waals surface area contributed by atoms with Crippen molar-refractivity contribution in [1.82, 2.24) is 15.2 Å². The smallest absolute Gasteiger partial charge is 0.189 e. The summed E-state index contributed by atoms with van der Waals surface area (Å²) in [6, 6.07) is 8.13. The molecular weight excluding hydrogens is 336 g/mol. The Hall–Kier alpha value is -1.53. The Bertz CT molecular complexity index is 766. The summed E-state index contributed by atoms with van der Waals surface area (Å²) in [4.78, 5) is 4.58. The maximum absolute atomic E-state index is 4.58. The second-order valence-electron chi connectivity index (χ2n) is 4.76. The lowest BCUT2D eigenvalue weighted by atomic mass is 10.2. The van der Waals surface area contributed by atoms with E-state index in [0.29, 0.717) is 0 Å². The van der Waals surface area contributed by atoms with Crippen molar-refractivity contribution < 1.29 is 0 Å². The molecule has 1 aliphatic carbocycles. The van der Waals surface area contributed by atoms with Gasteiger partial charge >= 0.3 is 0 Å². The predicted octanol–water partition coefficient (Wildman–Crippen LogP) is 4.08. The monoisotopic (exact) mass is 346 g/mol. The van der Waals surface area contributed by atoms with Crippen molar-refractivity contribution in [3.63, 3.8) is 0 Å². The maximum atomic E-state index is 4.58. The maximum Gasteiger partial charge on any atom is 0.189 e. The number of hydrogen-bond acceptors (Lipinski definition) is 5. The van der Waals surface area contributed by atoms with E-state index in [9.17, 15) is 0 Å². The summed E-state index contributed by atoms with van der Waals surface area (Å²) < 4.78 is 2.05. The van der Waals surface area contributed by atoms with E-state index in [4.69, 9.17) is 0 Å². The molecule has 0 radical (unpaired) electrons. The zero-order valence-electron chi connectivity index (χ0n) is 10.6. The molecule has 100 valence electrons. The number of rotatable bonds is 2. The molecule has 6 heteroatoms. The Morgan fingerprint density at radius 1 is 1.10 bits per heavy atom. The normalized spacial score (nSPS) is 13.7. The van der Waals surface area contributed by atoms with Crippen molar-refractivity contribution in [2.24, 2.45) is 0 Å². The lowest BCUT2D eigenvalue weighted by Crippen LogP contribution is -2.01. The topological polar surface area (TPSA) is 50.7 Å². The summed E-state index contributed by atoms with van der Waals surface area (Å²) in [5.74, 6) is 0.847. The first-order valence-electron chi connectivity index (χ1n) is 6.48. The third-order valence-corrected chi connectivity index (χ3v) is 5.10. The van der Waals surface area contributed by atoms with E-state index in [0.717, 1.165) is 40.3 Å². The third-order valence-electron chi connectivity index (χ3n) is 3.51. The molecule has 1 aromatic carbocycles. The molecule has 0 unspecified atom stereocenters. The highest BCUT2D eigenvalue weighted by atomic mass is 79.9. The SMILES string of the molecule is Brc1nnc(Nc2nc3ccccc3s2)c2c1CCC2. The molecule has 0 fully saturated rings. The Morgan fingerprint density at radius 3 is 2.85 bits per heavy atom. The zero-order valence-corrected chi connectivity index (χ0v) is 13.0. The van der Waals surface area contributed by atoms with Crippen LogP contribution in [0, 0.1) is 0 Å². The van der Waals surface area contributed by atoms with Crippen LogP contribution in [-0.4, -0.2) is 15.2 Å². The number of halogens is 1. The van der Waals surface area contributed by atoms with Crippen molar-refractivity contribution >= 4 is 48.4 Å². The molecule has 0 saturated heterocycles. The van der Waals surface area contributed by atoms with Gasteiger partial charge in [-0.2, -0.15) is 0 Å². The van der Waals surface area contributed by atoms with Gasteiger partial charge in [0.15, 0.2) is 10.9 Å². The van der Waals surface area contributed by atoms with Crippen LogP contribution < -0.4 is 5.32 Å². The molecule has 2 aromatic heterocycles. The van der Waals surface area contributed by atoms with E-state index < -0.39 is 0 Å². The number of para-hydroxylation sites is 1. The quantitative estimate of drug-likeness (QED) is 0.759. The molecule has 0 spiro atoms. The number of hydrogen-bond donors (Lipinski definition) is 1. The summed E-state index contributed by atoms with van der Waals surface area (Å²) in [6.07, 6.45) is 3.28. The highest BCUT2D eigenvalue weighted by Gasteiger charge is 2.20. The summed E-state index contributed by atoms with van der Waals surface area (Å²) in [6.45, 7) is 0. The number of anilines is 2. The van der Waals surface area contributed by atoms with E-state index in [1.165, 1.54) is 15.8 Å². The number of thiazole rings is 1. The van der Waals surface area contributed by atoms with Gasteiger partial charge in [-0.1, -0.05) is 23.5 Å². The first-order chi connectivity index (χ1) is 9.81. The molecule has 0 amide bonds. The average molecular weight is 347 g/mol. The lowest BCUT2D eigenvalue weighted by molar-refractivity contribution is 0.909. The second-order valence-corrected chi connectivity index (χ2v) is 6.54. The van der Waals surface area contributed by atoms with Crippen molar-refractivity contribution in [3.8, 4) is 0 Å². The van der Waals surface area contributed by atoms with Crippen LogP contribution in [0.3, 0.4) is 0 Å². The number of nitrogens with zero attached hydrogens (tertiary/aromatic N) is 3. The average Bonchev–Trinajstić information content (AvgIpc) is 3.08. The molecule has 0 saturated carbocycles. The van der Waals surface area contributed by atoms with Crippen LogP contribution in [0.2, 0.25) is 0 Å². The number of aromatic nitrogens is 3. The van der Waals surface area contributed by atoms with Gasteiger partial charge in [0.1, 0.15) is 4.60 Å². The minimum Gasteiger partial charge on any atom is -0.314 e. The highest BCUT2D eigenvalue weighted by molar-refractivity contribution is 9.10. The Labute approximate surface area is 128 Å². The van der Waals surface area contributed by atoms with Gasteiger partial charge in [-0.25, -0.2) is 4.98 Å². The minimum absolute atomic E-state index is 0.847. The van der Waals surface area contributed by atoms with Gasteiger partial charge in [-0.3, -0.25) is 0 Å². The fourth-order valence-electron chi connectivity index (χ4n) is 2.57. The van der Waals surface area contributed by atoms with Gasteiger partial charge in [0.25, 0.3) is 0 Å². The zero-order chi connectivity index (χ0) is 13.5. The largest absolute Gasteiger partial charge is 0.314 e. The summed E-state index contributed by atoms with van der Waals surface area (Å²) in [7, 11) is 0. The molecule has 4 rings (SSSR count). The van der Waals surface area contributed by atoms with Crippen molar-refractivity contribution in [2.75, 3.05) is 5.32 Å². The fraction of sp³-hybridized carbons (Fsp3) is 0.214. The van der Waals surface area contributed by atoms with Gasteiger partial charge in [0.05, 0.1) is 10.2 Å². The molecule has 0 atom stereocenters. The highest BCUT2D eigenvalue weighted by Crippen LogP contribution is 2.34. The van der Waals surface area contributed by atoms with Gasteiger partial charge in [0.2, 0.25) is 0 Å². The third kappa shape index (κ3) is 1.99. The van der Waals surface area contributed by atoms with E-state index in [1.807, 2.05) is 18.2 Å². The van der Waals surface area contributed by atoms with Gasteiger partial charge in [-0.15, -0.1) is 10.2 Å². The number of nitrogens with one attached hydrogen (secondary N) is 1. The van der Waals surface area contributed by atoms with Crippen LogP contribution in [0.25, 0.3) is 10.2 Å². The van der Waals surface area contributed by atoms with Gasteiger partial charge < -0.3 is 5.32 Å². The van der Waals surface area contributed by atoms with Crippen LogP contribution >= 0.6 is 27.3 Å². The number of benzene rings is 1. The summed E-state index contributed by atoms with van der Waals surface area (Å²) in [5, 5.41) is 12.7. The number of fused-ring (bicyclic) bond motifs is 2. The van der Waals surface area contributed by atoms with Crippen LogP contribution in [0.4, 0.5) is 10.9 Å². The first kappa shape index (κ1) is 12.2. The van der Waals surface area contributed by atoms with Crippen LogP contribution in [0.5, 0.6) is 0 Å². The Balaban J connectivity index is 1.74. The standard InChI is InChI=1S/C14H11BrN4S/c15-12-8-4-3-5-9(8)13(19-18-12)17-14-16-10-6-1-2-7-11(10)20-14/h1-2,6-7H,3-5H2,(H,16,17,19). The van der Waals surface area contributed by atoms with Gasteiger partial charge in [-0.05, 0) is 52.9 Å². The second kappa shape index (κ2) is 4.79. The first-order valence-corrected chi connectivity index (χ1v) is 8.09. The van der Waals surface area contributed by atoms with Crippen molar-refractivity contribution in [2.45, 2.75) is 19.3 Å². The van der Waals surface area contributed by atoms with Crippen LogP contribution in [0.15, 0.2) is 28.9 Å². The molecule has 2 heterocycles. The molecule has 0 aliphatic heterocycles. The van der Waals surface area contributed by atoms with Crippen molar-refractivity contribution in [3.05, 3.63) is 40.0 Å². The molecule has 0 bridgehead atoms. The summed E-state index contributed by atoms with van der Waals surface area (Å²) >= 11 is 5.12. The lowest BCUT2D eigenvalue weighted by Gasteiger charge is -2.07. The summed E-state index contributed by atoms with van der Waals surface area (Å²) in [5.41, 5.74) is 3.57. The predicted molar refractivity (Wildman–Crippen MR) is 84.7 cm³/mol. The molecule has 1 N–H and O–H groups in total. The van der Waals surface area contributed by atoms with E-state index >= 15 is 0 Å². The van der Waals surface area contributed by atoms with E-state index in [2.05, 4.69) is 42.5 Å². The van der Waals surface area contributed by atoms with Crippen LogP contribution in [-0.2, 0) is 12.8 Å². The van der Waals surface area contributed by atoms with Crippen molar-refractivity contribution in [1.29, 1.82) is 0 Å². The molecule has 4 nitrogen and oxygen atoms in total. The molecular formula is C14H11BrN4S. The van der Waals surface area contributed by atoms with E-state index in [-0.39, 0.29) is 0 Å².